The van der Waals surface area contributed by atoms with E-state index in [-0.39, 0.29) is 57.4 Å². The number of aliphatic hydroxyl groups is 6. The number of hydrogen-bond donors (Lipinski definition) is 10. The van der Waals surface area contributed by atoms with Crippen LogP contribution in [0, 0.1) is 47.4 Å². The molecule has 22 heteroatoms. The number of rotatable bonds is 6. The summed E-state index contributed by atoms with van der Waals surface area (Å²) < 4.78 is 14.1. The Kier molecular flexibility index (Phi) is 11.4. The van der Waals surface area contributed by atoms with Gasteiger partial charge in [0.2, 0.25) is 11.6 Å². The third-order valence-corrected chi connectivity index (χ3v) is 13.6. The minimum absolute atomic E-state index is 0.0892. The highest BCUT2D eigenvalue weighted by atomic mass is 16.6. The fraction of sp³-hybridized carbons (Fsp3) is 0.619. The molecule has 6 aliphatic rings. The van der Waals surface area contributed by atoms with E-state index in [1.807, 2.05) is 0 Å². The van der Waals surface area contributed by atoms with Gasteiger partial charge in [-0.1, -0.05) is 11.8 Å². The topological polar surface area (TPSA) is 337 Å². The minimum Gasteiger partial charge on any atom is -0.387 e. The normalized spacial score (nSPS) is 35.8. The lowest BCUT2D eigenvalue weighted by Crippen LogP contribution is -2.42. The Balaban J connectivity index is 0.000000162. The second-order valence-corrected chi connectivity index (χ2v) is 17.7. The lowest BCUT2D eigenvalue weighted by atomic mass is 9.85. The van der Waals surface area contributed by atoms with E-state index in [1.165, 1.54) is 21.8 Å². The van der Waals surface area contributed by atoms with Crippen molar-refractivity contribution in [3.63, 3.8) is 0 Å². The second kappa shape index (κ2) is 16.8. The molecule has 14 atom stereocenters. The summed E-state index contributed by atoms with van der Waals surface area (Å²) in [5.41, 5.74) is 11.1. The van der Waals surface area contributed by atoms with Crippen LogP contribution < -0.4 is 22.1 Å². The zero-order valence-corrected chi connectivity index (χ0v) is 35.2. The Morgan fingerprint density at radius 3 is 1.44 bits per heavy atom. The van der Waals surface area contributed by atoms with Crippen LogP contribution in [0.5, 0.6) is 0 Å². The zero-order chi connectivity index (χ0) is 45.2. The lowest BCUT2D eigenvalue weighted by molar-refractivity contribution is -0.138. The van der Waals surface area contributed by atoms with Gasteiger partial charge in [0.05, 0.1) is 12.7 Å². The lowest BCUT2D eigenvalue weighted by Gasteiger charge is -2.26. The Bertz CT molecular complexity index is 2430. The van der Waals surface area contributed by atoms with Crippen LogP contribution in [0.4, 0.5) is 11.6 Å². The summed E-state index contributed by atoms with van der Waals surface area (Å²) in [6.07, 6.45) is -0.0880. The fourth-order valence-electron chi connectivity index (χ4n) is 10.4. The average Bonchev–Trinajstić information content (AvgIpc) is 4.15. The number of ether oxygens (including phenoxy) is 2. The van der Waals surface area contributed by atoms with E-state index in [1.54, 1.807) is 13.8 Å². The van der Waals surface area contributed by atoms with Gasteiger partial charge in [0.25, 0.3) is 11.8 Å². The molecule has 2 saturated heterocycles. The molecule has 12 N–H and O–H groups in total. The van der Waals surface area contributed by atoms with Gasteiger partial charge < -0.3 is 62.2 Å². The van der Waals surface area contributed by atoms with Crippen LogP contribution >= 0.6 is 0 Å². The van der Waals surface area contributed by atoms with E-state index < -0.39 is 72.1 Å². The molecule has 10 rings (SSSR count). The van der Waals surface area contributed by atoms with Crippen molar-refractivity contribution in [2.75, 3.05) is 24.6 Å². The number of imidazole rings is 2. The van der Waals surface area contributed by atoms with Crippen molar-refractivity contribution in [1.29, 1.82) is 0 Å². The Labute approximate surface area is 366 Å². The maximum atomic E-state index is 12.2. The number of aliphatic hydroxyl groups excluding tert-OH is 4. The van der Waals surface area contributed by atoms with E-state index in [9.17, 15) is 40.2 Å². The van der Waals surface area contributed by atoms with Gasteiger partial charge in [0.1, 0.15) is 46.7 Å². The first kappa shape index (κ1) is 43.7. The molecule has 4 saturated carbocycles. The zero-order valence-electron chi connectivity index (χ0n) is 35.2. The molecule has 6 fully saturated rings. The number of carbonyl (C=O) groups is 2. The summed E-state index contributed by atoms with van der Waals surface area (Å²) >= 11 is 0. The summed E-state index contributed by atoms with van der Waals surface area (Å²) in [4.78, 5) is 49.9. The summed E-state index contributed by atoms with van der Waals surface area (Å²) in [6.45, 7) is 4.21. The molecule has 4 aromatic heterocycles. The van der Waals surface area contributed by atoms with Crippen molar-refractivity contribution < 1.29 is 49.7 Å². The van der Waals surface area contributed by atoms with Crippen molar-refractivity contribution in [2.24, 2.45) is 23.7 Å². The molecule has 64 heavy (non-hydrogen) atoms. The largest absolute Gasteiger partial charge is 0.387 e. The number of hydrogen-bond acceptors (Lipinski definition) is 18. The first-order valence-corrected chi connectivity index (χ1v) is 21.7. The monoisotopic (exact) mass is 884 g/mol. The molecule has 0 aromatic carbocycles. The molecule has 0 radical (unpaired) electrons. The van der Waals surface area contributed by atoms with Crippen molar-refractivity contribution in [3.05, 3.63) is 24.3 Å². The first-order valence-electron chi connectivity index (χ1n) is 21.7. The smallest absolute Gasteiger partial charge is 0.252 e. The summed E-state index contributed by atoms with van der Waals surface area (Å²) in [5, 5.41) is 68.6. The first-order chi connectivity index (χ1) is 30.6. The van der Waals surface area contributed by atoms with Crippen molar-refractivity contribution in [1.82, 2.24) is 49.7 Å². The maximum absolute atomic E-state index is 12.2. The molecule has 340 valence electrons. The number of nitrogens with one attached hydrogen (secondary N) is 2. The van der Waals surface area contributed by atoms with E-state index in [0.29, 0.717) is 37.8 Å². The molecule has 4 aliphatic carbocycles. The molecule has 4 bridgehead atoms. The summed E-state index contributed by atoms with van der Waals surface area (Å²) in [5.74, 6) is 12.3. The molecular weight excluding hydrogens is 833 g/mol. The van der Waals surface area contributed by atoms with Crippen LogP contribution in [-0.4, -0.2) is 142 Å². The predicted octanol–water partition coefficient (Wildman–Crippen LogP) is -1.87. The van der Waals surface area contributed by atoms with Crippen LogP contribution in [0.3, 0.4) is 0 Å². The Morgan fingerprint density at radius 1 is 0.688 bits per heavy atom. The second-order valence-electron chi connectivity index (χ2n) is 17.7. The van der Waals surface area contributed by atoms with Crippen LogP contribution in [0.15, 0.2) is 12.7 Å². The highest BCUT2D eigenvalue weighted by molar-refractivity contribution is 5.84. The minimum atomic E-state index is -1.42. The van der Waals surface area contributed by atoms with E-state index in [0.717, 1.165) is 38.5 Å². The van der Waals surface area contributed by atoms with E-state index >= 15 is 0 Å². The van der Waals surface area contributed by atoms with Crippen molar-refractivity contribution in [2.45, 2.75) is 125 Å². The molecule has 6 heterocycles. The average molecular weight is 885 g/mol. The standard InChI is InChI=1S/2C21H26N6O5/c2*1-2-23-19(30)16-14(28)15(29)20(32-16)27-9-24-13-17(22)25-12(26-18(13)27)5-6-21(31)8-10-3-4-11(21)7-10/h2*9-11,14-16,20,28-29,31H,2-4,7-8H2,1H3,(H,23,30)(H2,22,25,26)/t2*10?,11?,14?,15-,16-,20+,21?/m00/s1. The van der Waals surface area contributed by atoms with Crippen LogP contribution in [-0.2, 0) is 19.1 Å². The molecule has 8 unspecified atom stereocenters. The van der Waals surface area contributed by atoms with Crippen molar-refractivity contribution >= 4 is 45.8 Å². The quantitative estimate of drug-likeness (QED) is 0.0949. The number of amides is 2. The number of nitrogens with two attached hydrogens (primary N) is 2. The van der Waals surface area contributed by atoms with Gasteiger partial charge >= 0.3 is 0 Å². The number of likely N-dealkylation sites (N-methyl/N-ethyl adjacent to an activating group) is 2. The van der Waals surface area contributed by atoms with Gasteiger partial charge in [0, 0.05) is 13.1 Å². The predicted molar refractivity (Wildman–Crippen MR) is 223 cm³/mol. The highest BCUT2D eigenvalue weighted by Gasteiger charge is 2.51. The van der Waals surface area contributed by atoms with E-state index in [2.05, 4.69) is 64.2 Å². The Morgan fingerprint density at radius 2 is 1.09 bits per heavy atom. The highest BCUT2D eigenvalue weighted by Crippen LogP contribution is 2.51. The summed E-state index contributed by atoms with van der Waals surface area (Å²) in [7, 11) is 0. The summed E-state index contributed by atoms with van der Waals surface area (Å²) in [6, 6.07) is 0. The number of carbonyl (C=O) groups excluding carboxylic acids is 2. The molecule has 2 amide bonds. The van der Waals surface area contributed by atoms with Gasteiger partial charge in [-0.05, 0) is 101 Å². The number of anilines is 2. The van der Waals surface area contributed by atoms with Crippen molar-refractivity contribution in [3.8, 4) is 23.7 Å². The number of aromatic nitrogens is 8. The van der Waals surface area contributed by atoms with Gasteiger partial charge in [-0.3, -0.25) is 18.7 Å². The van der Waals surface area contributed by atoms with Crippen LogP contribution in [0.1, 0.15) is 89.3 Å². The molecule has 4 aromatic rings. The van der Waals surface area contributed by atoms with Gasteiger partial charge in [-0.15, -0.1) is 0 Å². The number of fused-ring (bicyclic) bond motifs is 6. The van der Waals surface area contributed by atoms with E-state index in [4.69, 9.17) is 20.9 Å². The SMILES string of the molecule is CCNC(=O)[C@H]1O[C@@H](n2cnc3c(N)nc(C#CC4(O)CC5CCC4C5)nc32)[C@@H](O)C1O.CCNC(=O)[C@H]1O[C@@H](n2cnc3c(N)nc(C#CC4(O)CC5CCC4C5)nc32)[C@@H](O)C1O. The third-order valence-electron chi connectivity index (χ3n) is 13.6. The molecule has 0 spiro atoms. The molecular formula is C42H52N12O10. The van der Waals surface area contributed by atoms with Gasteiger partial charge in [0.15, 0.2) is 47.6 Å². The fourth-order valence-corrected chi connectivity index (χ4v) is 10.4. The van der Waals surface area contributed by atoms with Gasteiger partial charge in [-0.25, -0.2) is 29.9 Å². The number of nitrogens with zero attached hydrogens (tertiary/aromatic N) is 8. The van der Waals surface area contributed by atoms with Crippen LogP contribution in [0.25, 0.3) is 22.3 Å². The maximum Gasteiger partial charge on any atom is 0.252 e. The third kappa shape index (κ3) is 7.66. The van der Waals surface area contributed by atoms with Crippen LogP contribution in [0.2, 0.25) is 0 Å². The molecule has 2 aliphatic heterocycles. The number of nitrogen functional groups attached to an aromatic ring is 2. The Hall–Kier alpha value is -5.56. The van der Waals surface area contributed by atoms with Gasteiger partial charge in [-0.2, -0.15) is 0 Å². The molecule has 22 nitrogen and oxygen atoms in total.